The summed E-state index contributed by atoms with van der Waals surface area (Å²) in [6.45, 7) is 5.72. The average Bonchev–Trinajstić information content (AvgIpc) is 3.30. The van der Waals surface area contributed by atoms with Gasteiger partial charge in [-0.05, 0) is 38.1 Å². The Kier molecular flexibility index (Phi) is 6.72. The van der Waals surface area contributed by atoms with Crippen LogP contribution in [0.15, 0.2) is 45.8 Å². The van der Waals surface area contributed by atoms with Crippen molar-refractivity contribution in [3.05, 3.63) is 63.8 Å². The van der Waals surface area contributed by atoms with Crippen molar-refractivity contribution < 1.29 is 18.7 Å². The van der Waals surface area contributed by atoms with Crippen LogP contribution in [0.5, 0.6) is 0 Å². The number of piperazine rings is 1. The van der Waals surface area contributed by atoms with Crippen molar-refractivity contribution in [3.8, 4) is 0 Å². The number of rotatable bonds is 4. The lowest BCUT2D eigenvalue weighted by Crippen LogP contribution is -2.49. The molecule has 0 aliphatic carbocycles. The molecule has 0 atom stereocenters. The number of pyridine rings is 1. The standard InChI is InChI=1S/C23H25N3O5.CH4/c1-4-30-23(29)19-20(16-14-15(2)7-8-17(16)24(3)22(19)28)25-9-11-26(12-10-25)21(27)18-6-5-13-31-18;/h5-8,13-14H,4,9-12H2,1-3H3;1H4. The van der Waals surface area contributed by atoms with Crippen LogP contribution in [0.2, 0.25) is 0 Å². The quantitative estimate of drug-likeness (QED) is 0.581. The van der Waals surface area contributed by atoms with Crippen LogP contribution in [0.3, 0.4) is 0 Å². The first-order valence-electron chi connectivity index (χ1n) is 10.3. The van der Waals surface area contributed by atoms with Gasteiger partial charge < -0.3 is 23.5 Å². The lowest BCUT2D eigenvalue weighted by molar-refractivity contribution is 0.0523. The summed E-state index contributed by atoms with van der Waals surface area (Å²) >= 11 is 0. The van der Waals surface area contributed by atoms with Gasteiger partial charge in [-0.3, -0.25) is 9.59 Å². The second-order valence-corrected chi connectivity index (χ2v) is 7.59. The zero-order valence-electron chi connectivity index (χ0n) is 17.9. The van der Waals surface area contributed by atoms with E-state index >= 15 is 0 Å². The minimum atomic E-state index is -0.629. The zero-order valence-corrected chi connectivity index (χ0v) is 17.9. The van der Waals surface area contributed by atoms with Crippen LogP contribution < -0.4 is 10.5 Å². The third-order valence-corrected chi connectivity index (χ3v) is 5.62. The average molecular weight is 440 g/mol. The van der Waals surface area contributed by atoms with Crippen molar-refractivity contribution >= 4 is 28.5 Å². The summed E-state index contributed by atoms with van der Waals surface area (Å²) in [5.41, 5.74) is 1.99. The Balaban J connectivity index is 0.00000289. The Bertz CT molecular complexity index is 1190. The number of esters is 1. The lowest BCUT2D eigenvalue weighted by Gasteiger charge is -2.37. The first kappa shape index (κ1) is 23.1. The van der Waals surface area contributed by atoms with Crippen molar-refractivity contribution in [2.24, 2.45) is 7.05 Å². The van der Waals surface area contributed by atoms with Gasteiger partial charge in [0.05, 0.1) is 24.1 Å². The van der Waals surface area contributed by atoms with Gasteiger partial charge in [-0.1, -0.05) is 19.1 Å². The number of anilines is 1. The number of benzene rings is 1. The van der Waals surface area contributed by atoms with Crippen LogP contribution >= 0.6 is 0 Å². The molecule has 2 aromatic heterocycles. The Morgan fingerprint density at radius 1 is 1.12 bits per heavy atom. The molecule has 0 spiro atoms. The predicted molar refractivity (Wildman–Crippen MR) is 123 cm³/mol. The fraction of sp³-hybridized carbons (Fsp3) is 0.375. The van der Waals surface area contributed by atoms with Crippen LogP contribution in [0.25, 0.3) is 10.9 Å². The molecule has 0 saturated carbocycles. The molecule has 32 heavy (non-hydrogen) atoms. The molecular weight excluding hydrogens is 410 g/mol. The summed E-state index contributed by atoms with van der Waals surface area (Å²) in [5, 5.41) is 0.816. The molecule has 1 saturated heterocycles. The number of carbonyl (C=O) groups is 2. The molecule has 0 unspecified atom stereocenters. The van der Waals surface area contributed by atoms with Crippen molar-refractivity contribution in [2.75, 3.05) is 37.7 Å². The molecule has 1 amide bonds. The van der Waals surface area contributed by atoms with Gasteiger partial charge in [0, 0.05) is 38.6 Å². The number of nitrogens with zero attached hydrogens (tertiary/aromatic N) is 3. The number of aryl methyl sites for hydroxylation is 2. The van der Waals surface area contributed by atoms with E-state index in [1.54, 1.807) is 31.0 Å². The van der Waals surface area contributed by atoms with E-state index in [0.717, 1.165) is 16.5 Å². The van der Waals surface area contributed by atoms with Crippen LogP contribution in [-0.4, -0.2) is 54.1 Å². The molecule has 3 heterocycles. The van der Waals surface area contributed by atoms with Gasteiger partial charge in [-0.2, -0.15) is 0 Å². The van der Waals surface area contributed by atoms with Crippen LogP contribution in [0.1, 0.15) is 40.8 Å². The smallest absolute Gasteiger partial charge is 0.345 e. The Labute approximate surface area is 187 Å². The Morgan fingerprint density at radius 3 is 2.47 bits per heavy atom. The highest BCUT2D eigenvalue weighted by Gasteiger charge is 2.30. The predicted octanol–water partition coefficient (Wildman–Crippen LogP) is 3.22. The lowest BCUT2D eigenvalue weighted by atomic mass is 10.0. The maximum absolute atomic E-state index is 13.1. The molecule has 4 rings (SSSR count). The van der Waals surface area contributed by atoms with E-state index in [2.05, 4.69) is 0 Å². The van der Waals surface area contributed by atoms with Gasteiger partial charge in [0.2, 0.25) is 0 Å². The summed E-state index contributed by atoms with van der Waals surface area (Å²) in [4.78, 5) is 42.3. The molecule has 1 fully saturated rings. The zero-order chi connectivity index (χ0) is 22.1. The van der Waals surface area contributed by atoms with E-state index < -0.39 is 5.97 Å². The van der Waals surface area contributed by atoms with Gasteiger partial charge >= 0.3 is 5.97 Å². The van der Waals surface area contributed by atoms with Gasteiger partial charge in [0.25, 0.3) is 11.5 Å². The second kappa shape index (κ2) is 9.30. The highest BCUT2D eigenvalue weighted by molar-refractivity contribution is 6.05. The number of fused-ring (bicyclic) bond motifs is 1. The van der Waals surface area contributed by atoms with E-state index in [9.17, 15) is 14.4 Å². The molecule has 8 nitrogen and oxygen atoms in total. The largest absolute Gasteiger partial charge is 0.462 e. The Morgan fingerprint density at radius 2 is 1.84 bits per heavy atom. The van der Waals surface area contributed by atoms with Crippen LogP contribution in [-0.2, 0) is 11.8 Å². The number of hydrogen-bond donors (Lipinski definition) is 0. The molecule has 1 aliphatic rings. The van der Waals surface area contributed by atoms with Crippen LogP contribution in [0.4, 0.5) is 5.69 Å². The normalized spacial score (nSPS) is 13.7. The third kappa shape index (κ3) is 4.00. The fourth-order valence-corrected chi connectivity index (χ4v) is 4.05. The number of ether oxygens (including phenoxy) is 1. The molecule has 1 aliphatic heterocycles. The van der Waals surface area contributed by atoms with E-state index in [0.29, 0.717) is 37.6 Å². The van der Waals surface area contributed by atoms with Crippen LogP contribution in [0, 0.1) is 6.92 Å². The van der Waals surface area contributed by atoms with Gasteiger partial charge in [0.1, 0.15) is 5.56 Å². The van der Waals surface area contributed by atoms with E-state index in [4.69, 9.17) is 9.15 Å². The van der Waals surface area contributed by atoms with Crippen molar-refractivity contribution in [1.82, 2.24) is 9.47 Å². The monoisotopic (exact) mass is 439 g/mol. The van der Waals surface area contributed by atoms with E-state index in [1.165, 1.54) is 10.8 Å². The minimum Gasteiger partial charge on any atom is -0.462 e. The van der Waals surface area contributed by atoms with E-state index in [-0.39, 0.29) is 31.1 Å². The van der Waals surface area contributed by atoms with Gasteiger partial charge in [0.15, 0.2) is 5.76 Å². The highest BCUT2D eigenvalue weighted by atomic mass is 16.5. The van der Waals surface area contributed by atoms with Gasteiger partial charge in [-0.15, -0.1) is 0 Å². The minimum absolute atomic E-state index is 0. The van der Waals surface area contributed by atoms with Crippen molar-refractivity contribution in [3.63, 3.8) is 0 Å². The maximum atomic E-state index is 13.1. The molecule has 1 aromatic carbocycles. The summed E-state index contributed by atoms with van der Waals surface area (Å²) in [6, 6.07) is 9.14. The van der Waals surface area contributed by atoms with Gasteiger partial charge in [-0.25, -0.2) is 4.79 Å². The summed E-state index contributed by atoms with van der Waals surface area (Å²) < 4.78 is 11.9. The second-order valence-electron chi connectivity index (χ2n) is 7.59. The summed E-state index contributed by atoms with van der Waals surface area (Å²) in [7, 11) is 1.66. The Hall–Kier alpha value is -3.55. The topological polar surface area (TPSA) is 85.0 Å². The molecule has 8 heteroatoms. The molecule has 0 radical (unpaired) electrons. The first-order valence-corrected chi connectivity index (χ1v) is 10.3. The number of hydrogen-bond acceptors (Lipinski definition) is 6. The third-order valence-electron chi connectivity index (χ3n) is 5.62. The number of furan rings is 1. The molecular formula is C24H29N3O5. The maximum Gasteiger partial charge on any atom is 0.345 e. The fourth-order valence-electron chi connectivity index (χ4n) is 4.05. The van der Waals surface area contributed by atoms with Crippen molar-refractivity contribution in [2.45, 2.75) is 21.3 Å². The molecule has 0 bridgehead atoms. The first-order chi connectivity index (χ1) is 14.9. The number of aromatic nitrogens is 1. The van der Waals surface area contributed by atoms with Crippen molar-refractivity contribution in [1.29, 1.82) is 0 Å². The number of carbonyl (C=O) groups excluding carboxylic acids is 2. The SMILES string of the molecule is C.CCOC(=O)c1c(N2CCN(C(=O)c3ccco3)CC2)c2cc(C)ccc2n(C)c1=O. The molecule has 0 N–H and O–H groups in total. The molecule has 3 aromatic rings. The number of amides is 1. The molecule has 170 valence electrons. The summed E-state index contributed by atoms with van der Waals surface area (Å²) in [5.74, 6) is -0.495. The summed E-state index contributed by atoms with van der Waals surface area (Å²) in [6.07, 6.45) is 1.48. The van der Waals surface area contributed by atoms with E-state index in [1.807, 2.05) is 30.0 Å². The highest BCUT2D eigenvalue weighted by Crippen LogP contribution is 2.31.